The molecule has 0 aromatic heterocycles. The molecule has 0 spiro atoms. The van der Waals surface area contributed by atoms with Gasteiger partial charge in [0.05, 0.1) is 25.3 Å². The zero-order valence-corrected chi connectivity index (χ0v) is 18.1. The van der Waals surface area contributed by atoms with Gasteiger partial charge in [-0.05, 0) is 41.8 Å². The molecule has 8 heteroatoms. The predicted molar refractivity (Wildman–Crippen MR) is 110 cm³/mol. The van der Waals surface area contributed by atoms with Crippen LogP contribution in [0.15, 0.2) is 24.3 Å². The van der Waals surface area contributed by atoms with Gasteiger partial charge in [0.1, 0.15) is 0 Å². The summed E-state index contributed by atoms with van der Waals surface area (Å²) in [6.07, 6.45) is 0.642. The summed E-state index contributed by atoms with van der Waals surface area (Å²) < 4.78 is 16.3. The fourth-order valence-corrected chi connectivity index (χ4v) is 4.20. The molecule has 154 valence electrons. The van der Waals surface area contributed by atoms with Crippen molar-refractivity contribution in [2.24, 2.45) is 0 Å². The topological polar surface area (TPSA) is 65.1 Å². The van der Waals surface area contributed by atoms with Crippen LogP contribution in [-0.2, 0) is 16.0 Å². The van der Waals surface area contributed by atoms with Crippen molar-refractivity contribution in [3.05, 3.63) is 51.0 Å². The van der Waals surface area contributed by atoms with Crippen LogP contribution in [0.5, 0.6) is 17.2 Å². The Hall–Kier alpha value is -2.44. The smallest absolute Gasteiger partial charge is 0.308 e. The molecule has 1 atom stereocenters. The molecular formula is C21H21Cl2NO5. The van der Waals surface area contributed by atoms with E-state index in [9.17, 15) is 9.59 Å². The number of rotatable bonds is 4. The third-order valence-electron chi connectivity index (χ3n) is 4.86. The lowest BCUT2D eigenvalue weighted by atomic mass is 9.87. The Kier molecular flexibility index (Phi) is 6.24. The Balaban J connectivity index is 2.29. The Morgan fingerprint density at radius 1 is 1.00 bits per heavy atom. The summed E-state index contributed by atoms with van der Waals surface area (Å²) in [5.74, 6) is 0.672. The number of fused-ring (bicyclic) bond motifs is 1. The maximum absolute atomic E-state index is 12.5. The normalized spacial score (nSPS) is 15.5. The molecule has 1 heterocycles. The second-order valence-corrected chi connectivity index (χ2v) is 7.51. The molecule has 0 fully saturated rings. The van der Waals surface area contributed by atoms with Crippen LogP contribution in [0, 0.1) is 0 Å². The van der Waals surface area contributed by atoms with Gasteiger partial charge >= 0.3 is 5.97 Å². The van der Waals surface area contributed by atoms with Crippen LogP contribution in [-0.4, -0.2) is 37.5 Å². The molecule has 1 amide bonds. The van der Waals surface area contributed by atoms with Crippen molar-refractivity contribution < 1.29 is 23.8 Å². The summed E-state index contributed by atoms with van der Waals surface area (Å²) >= 11 is 12.6. The second-order valence-electron chi connectivity index (χ2n) is 6.67. The summed E-state index contributed by atoms with van der Waals surface area (Å²) in [6, 6.07) is 6.34. The van der Waals surface area contributed by atoms with Crippen LogP contribution in [0.4, 0.5) is 0 Å². The molecule has 2 aromatic carbocycles. The molecule has 29 heavy (non-hydrogen) atoms. The Labute approximate surface area is 179 Å². The first-order chi connectivity index (χ1) is 13.8. The van der Waals surface area contributed by atoms with Gasteiger partial charge in [0, 0.05) is 31.0 Å². The first-order valence-corrected chi connectivity index (χ1v) is 9.71. The van der Waals surface area contributed by atoms with Crippen LogP contribution in [0.25, 0.3) is 0 Å². The number of hydrogen-bond acceptors (Lipinski definition) is 5. The summed E-state index contributed by atoms with van der Waals surface area (Å²) in [7, 11) is 3.12. The van der Waals surface area contributed by atoms with Gasteiger partial charge in [0.25, 0.3) is 0 Å². The monoisotopic (exact) mass is 437 g/mol. The van der Waals surface area contributed by atoms with E-state index in [0.29, 0.717) is 35.1 Å². The predicted octanol–water partition coefficient (Wildman–Crippen LogP) is 4.43. The second kappa shape index (κ2) is 8.51. The largest absolute Gasteiger partial charge is 0.493 e. The van der Waals surface area contributed by atoms with E-state index in [2.05, 4.69) is 0 Å². The Morgan fingerprint density at radius 2 is 1.66 bits per heavy atom. The highest BCUT2D eigenvalue weighted by molar-refractivity contribution is 6.35. The lowest BCUT2D eigenvalue weighted by molar-refractivity contribution is -0.131. The molecular weight excluding hydrogens is 417 g/mol. The summed E-state index contributed by atoms with van der Waals surface area (Å²) in [5.41, 5.74) is 2.35. The molecule has 0 saturated heterocycles. The van der Waals surface area contributed by atoms with E-state index in [4.69, 9.17) is 37.4 Å². The van der Waals surface area contributed by atoms with Gasteiger partial charge in [-0.3, -0.25) is 9.59 Å². The summed E-state index contributed by atoms with van der Waals surface area (Å²) in [5, 5.41) is 0.566. The van der Waals surface area contributed by atoms with Crippen LogP contribution in [0.1, 0.15) is 36.6 Å². The standard InChI is InChI=1S/C21H21Cl2NO5/c1-11(25)24-6-5-13-7-18(27-3)19(28-4)10-15(13)20(24)16-8-14(22)9-17(23)21(16)29-12(2)26/h7-10,20H,5-6H2,1-4H3/t20-/m0/s1. The van der Waals surface area contributed by atoms with E-state index >= 15 is 0 Å². The zero-order chi connectivity index (χ0) is 21.3. The van der Waals surface area contributed by atoms with E-state index in [1.807, 2.05) is 12.1 Å². The molecule has 1 aliphatic heterocycles. The highest BCUT2D eigenvalue weighted by atomic mass is 35.5. The SMILES string of the molecule is COc1cc2c(cc1OC)[C@@H](c1cc(Cl)cc(Cl)c1OC(C)=O)N(C(C)=O)CC2. The van der Waals surface area contributed by atoms with Crippen molar-refractivity contribution in [2.45, 2.75) is 26.3 Å². The molecule has 0 aliphatic carbocycles. The van der Waals surface area contributed by atoms with Crippen molar-refractivity contribution in [1.82, 2.24) is 4.90 Å². The molecule has 0 saturated carbocycles. The van der Waals surface area contributed by atoms with E-state index in [1.165, 1.54) is 19.9 Å². The van der Waals surface area contributed by atoms with Crippen LogP contribution in [0.3, 0.4) is 0 Å². The van der Waals surface area contributed by atoms with Gasteiger partial charge < -0.3 is 19.1 Å². The first kappa shape index (κ1) is 21.3. The zero-order valence-electron chi connectivity index (χ0n) is 16.5. The number of carbonyl (C=O) groups excluding carboxylic acids is 2. The van der Waals surface area contributed by atoms with Crippen molar-refractivity contribution in [3.63, 3.8) is 0 Å². The van der Waals surface area contributed by atoms with E-state index in [0.717, 1.165) is 11.1 Å². The molecule has 0 radical (unpaired) electrons. The van der Waals surface area contributed by atoms with Gasteiger partial charge in [-0.15, -0.1) is 0 Å². The molecule has 2 aromatic rings. The lowest BCUT2D eigenvalue weighted by Crippen LogP contribution is -2.39. The third-order valence-corrected chi connectivity index (χ3v) is 5.35. The molecule has 0 bridgehead atoms. The maximum Gasteiger partial charge on any atom is 0.308 e. The van der Waals surface area contributed by atoms with Crippen LogP contribution in [0.2, 0.25) is 10.0 Å². The van der Waals surface area contributed by atoms with Gasteiger partial charge in [-0.25, -0.2) is 0 Å². The fourth-order valence-electron chi connectivity index (χ4n) is 3.66. The molecule has 0 N–H and O–H groups in total. The molecule has 6 nitrogen and oxygen atoms in total. The number of carbonyl (C=O) groups is 2. The van der Waals surface area contributed by atoms with Crippen molar-refractivity contribution in [3.8, 4) is 17.2 Å². The highest BCUT2D eigenvalue weighted by Crippen LogP contribution is 2.46. The number of ether oxygens (including phenoxy) is 3. The number of amides is 1. The van der Waals surface area contributed by atoms with Crippen molar-refractivity contribution in [2.75, 3.05) is 20.8 Å². The minimum absolute atomic E-state index is 0.125. The average Bonchev–Trinajstić information content (AvgIpc) is 2.67. The summed E-state index contributed by atoms with van der Waals surface area (Å²) in [6.45, 7) is 3.27. The van der Waals surface area contributed by atoms with E-state index in [-0.39, 0.29) is 16.7 Å². The minimum atomic E-state index is -0.554. The van der Waals surface area contributed by atoms with Gasteiger partial charge in [-0.1, -0.05) is 23.2 Å². The quantitative estimate of drug-likeness (QED) is 0.522. The van der Waals surface area contributed by atoms with Crippen LogP contribution >= 0.6 is 23.2 Å². The number of methoxy groups -OCH3 is 2. The number of benzene rings is 2. The minimum Gasteiger partial charge on any atom is -0.493 e. The van der Waals surface area contributed by atoms with Gasteiger partial charge in [0.15, 0.2) is 17.2 Å². The average molecular weight is 438 g/mol. The van der Waals surface area contributed by atoms with Gasteiger partial charge in [-0.2, -0.15) is 0 Å². The number of halogens is 2. The number of nitrogens with zero attached hydrogens (tertiary/aromatic N) is 1. The van der Waals surface area contributed by atoms with E-state index < -0.39 is 12.0 Å². The Bertz CT molecular complexity index is 976. The Morgan fingerprint density at radius 3 is 2.24 bits per heavy atom. The van der Waals surface area contributed by atoms with Crippen LogP contribution < -0.4 is 14.2 Å². The molecule has 3 rings (SSSR count). The van der Waals surface area contributed by atoms with Crippen molar-refractivity contribution in [1.29, 1.82) is 0 Å². The first-order valence-electron chi connectivity index (χ1n) is 8.96. The maximum atomic E-state index is 12.5. The molecule has 1 aliphatic rings. The third kappa shape index (κ3) is 4.14. The van der Waals surface area contributed by atoms with Crippen molar-refractivity contribution >= 4 is 35.1 Å². The number of esters is 1. The highest BCUT2D eigenvalue weighted by Gasteiger charge is 2.35. The number of hydrogen-bond donors (Lipinski definition) is 0. The fraction of sp³-hybridized carbons (Fsp3) is 0.333. The van der Waals surface area contributed by atoms with E-state index in [1.54, 1.807) is 25.2 Å². The van der Waals surface area contributed by atoms with Gasteiger partial charge in [0.2, 0.25) is 5.91 Å². The lowest BCUT2D eigenvalue weighted by Gasteiger charge is -2.38. The molecule has 0 unspecified atom stereocenters. The summed E-state index contributed by atoms with van der Waals surface area (Å²) in [4.78, 5) is 25.9.